The molecule has 1 heterocycles. The summed E-state index contributed by atoms with van der Waals surface area (Å²) in [5.41, 5.74) is 0.338. The van der Waals surface area contributed by atoms with Crippen LogP contribution in [0.25, 0.3) is 0 Å². The molecule has 1 rings (SSSR count). The van der Waals surface area contributed by atoms with Crippen LogP contribution >= 0.6 is 11.6 Å². The average Bonchev–Trinajstić information content (AvgIpc) is 2.38. The minimum Gasteiger partial charge on any atom is -0.382 e. The number of halogens is 1. The van der Waals surface area contributed by atoms with Crippen LogP contribution < -0.4 is 10.9 Å². The predicted molar refractivity (Wildman–Crippen MR) is 75.4 cm³/mol. The highest BCUT2D eigenvalue weighted by molar-refractivity contribution is 6.32. The van der Waals surface area contributed by atoms with Crippen molar-refractivity contribution in [1.82, 2.24) is 14.7 Å². The standard InChI is InChI=1S/C12H21ClN4O/c1-4-17(5-2)8-6-7-14-10-9-15-16(3)12(18)11(10)13/h9,14H,4-8H2,1-3H3. The zero-order valence-electron chi connectivity index (χ0n) is 11.2. The quantitative estimate of drug-likeness (QED) is 0.766. The normalized spacial score (nSPS) is 10.9. The largest absolute Gasteiger partial charge is 0.382 e. The Balaban J connectivity index is 2.45. The van der Waals surface area contributed by atoms with Crippen LogP contribution in [-0.2, 0) is 7.05 Å². The first-order valence-electron chi connectivity index (χ1n) is 6.28. The van der Waals surface area contributed by atoms with Gasteiger partial charge >= 0.3 is 0 Å². The molecule has 1 aromatic rings. The number of nitrogens with one attached hydrogen (secondary N) is 1. The smallest absolute Gasteiger partial charge is 0.287 e. The SMILES string of the molecule is CCN(CC)CCCNc1cnn(C)c(=O)c1Cl. The molecule has 0 aliphatic carbocycles. The second-order valence-electron chi connectivity index (χ2n) is 4.11. The lowest BCUT2D eigenvalue weighted by molar-refractivity contribution is 0.303. The maximum absolute atomic E-state index is 11.5. The highest BCUT2D eigenvalue weighted by Crippen LogP contribution is 2.14. The van der Waals surface area contributed by atoms with Crippen LogP contribution in [0.5, 0.6) is 0 Å². The Morgan fingerprint density at radius 2 is 2.11 bits per heavy atom. The van der Waals surface area contributed by atoms with Gasteiger partial charge in [-0.05, 0) is 26.1 Å². The molecule has 0 bridgehead atoms. The molecule has 1 N–H and O–H groups in total. The van der Waals surface area contributed by atoms with Crippen molar-refractivity contribution in [1.29, 1.82) is 0 Å². The number of anilines is 1. The molecule has 0 aromatic carbocycles. The van der Waals surface area contributed by atoms with Crippen LogP contribution in [0, 0.1) is 0 Å². The number of hydrogen-bond acceptors (Lipinski definition) is 4. The van der Waals surface area contributed by atoms with Crippen molar-refractivity contribution in [3.8, 4) is 0 Å². The fourth-order valence-corrected chi connectivity index (χ4v) is 1.94. The van der Waals surface area contributed by atoms with Crippen molar-refractivity contribution in [2.75, 3.05) is 31.5 Å². The summed E-state index contributed by atoms with van der Waals surface area (Å²) < 4.78 is 1.23. The third-order valence-electron chi connectivity index (χ3n) is 2.94. The van der Waals surface area contributed by atoms with Crippen LogP contribution in [0.3, 0.4) is 0 Å². The second-order valence-corrected chi connectivity index (χ2v) is 4.49. The van der Waals surface area contributed by atoms with Crippen molar-refractivity contribution in [2.45, 2.75) is 20.3 Å². The zero-order chi connectivity index (χ0) is 13.5. The fourth-order valence-electron chi connectivity index (χ4n) is 1.70. The van der Waals surface area contributed by atoms with Gasteiger partial charge in [0.05, 0.1) is 11.9 Å². The van der Waals surface area contributed by atoms with Gasteiger partial charge in [-0.15, -0.1) is 0 Å². The van der Waals surface area contributed by atoms with E-state index in [1.165, 1.54) is 4.68 Å². The van der Waals surface area contributed by atoms with Gasteiger partial charge in [0, 0.05) is 13.6 Å². The maximum Gasteiger partial charge on any atom is 0.287 e. The second kappa shape index (κ2) is 7.38. The van der Waals surface area contributed by atoms with Gasteiger partial charge in [-0.25, -0.2) is 4.68 Å². The van der Waals surface area contributed by atoms with E-state index in [9.17, 15) is 4.79 Å². The third-order valence-corrected chi connectivity index (χ3v) is 3.30. The van der Waals surface area contributed by atoms with E-state index >= 15 is 0 Å². The van der Waals surface area contributed by atoms with Gasteiger partial charge in [0.15, 0.2) is 0 Å². The van der Waals surface area contributed by atoms with Gasteiger partial charge in [-0.3, -0.25) is 4.79 Å². The van der Waals surface area contributed by atoms with Crippen molar-refractivity contribution >= 4 is 17.3 Å². The summed E-state index contributed by atoms with van der Waals surface area (Å²) in [5.74, 6) is 0. The van der Waals surface area contributed by atoms with E-state index in [4.69, 9.17) is 11.6 Å². The molecule has 0 aliphatic rings. The lowest BCUT2D eigenvalue weighted by Gasteiger charge is -2.18. The molecule has 0 saturated carbocycles. The molecule has 5 nitrogen and oxygen atoms in total. The zero-order valence-corrected chi connectivity index (χ0v) is 12.0. The van der Waals surface area contributed by atoms with Gasteiger partial charge < -0.3 is 10.2 Å². The summed E-state index contributed by atoms with van der Waals surface area (Å²) in [7, 11) is 1.58. The molecule has 0 saturated heterocycles. The van der Waals surface area contributed by atoms with Crippen LogP contribution in [-0.4, -0.2) is 40.9 Å². The minimum atomic E-state index is -0.273. The third kappa shape index (κ3) is 3.99. The highest BCUT2D eigenvalue weighted by atomic mass is 35.5. The summed E-state index contributed by atoms with van der Waals surface area (Å²) in [6.45, 7) is 8.24. The number of aromatic nitrogens is 2. The molecule has 0 amide bonds. The van der Waals surface area contributed by atoms with Crippen LogP contribution in [0.15, 0.2) is 11.0 Å². The van der Waals surface area contributed by atoms with Gasteiger partial charge in [-0.1, -0.05) is 25.4 Å². The molecule has 0 atom stereocenters. The molecule has 18 heavy (non-hydrogen) atoms. The number of aryl methyl sites for hydroxylation is 1. The van der Waals surface area contributed by atoms with Crippen molar-refractivity contribution in [3.05, 3.63) is 21.6 Å². The van der Waals surface area contributed by atoms with Crippen molar-refractivity contribution in [3.63, 3.8) is 0 Å². The van der Waals surface area contributed by atoms with Crippen LogP contribution in [0.4, 0.5) is 5.69 Å². The number of nitrogens with zero attached hydrogens (tertiary/aromatic N) is 3. The molecule has 0 spiro atoms. The summed E-state index contributed by atoms with van der Waals surface area (Å²) in [5, 5.41) is 7.29. The van der Waals surface area contributed by atoms with E-state index in [2.05, 4.69) is 29.2 Å². The lowest BCUT2D eigenvalue weighted by Crippen LogP contribution is -2.26. The Kier molecular flexibility index (Phi) is 6.15. The highest BCUT2D eigenvalue weighted by Gasteiger charge is 2.06. The Bertz CT molecular complexity index is 429. The molecule has 0 aliphatic heterocycles. The fraction of sp³-hybridized carbons (Fsp3) is 0.667. The molecule has 1 aromatic heterocycles. The summed E-state index contributed by atoms with van der Waals surface area (Å²) in [6, 6.07) is 0. The average molecular weight is 273 g/mol. The van der Waals surface area contributed by atoms with E-state index < -0.39 is 0 Å². The monoisotopic (exact) mass is 272 g/mol. The molecule has 0 fully saturated rings. The van der Waals surface area contributed by atoms with Crippen molar-refractivity contribution < 1.29 is 0 Å². The molecule has 102 valence electrons. The first kappa shape index (κ1) is 15.0. The maximum atomic E-state index is 11.5. The summed E-state index contributed by atoms with van der Waals surface area (Å²) >= 11 is 5.95. The summed E-state index contributed by atoms with van der Waals surface area (Å²) in [4.78, 5) is 13.9. The molecule has 6 heteroatoms. The van der Waals surface area contributed by atoms with E-state index in [0.717, 1.165) is 32.6 Å². The Morgan fingerprint density at radius 3 is 2.72 bits per heavy atom. The van der Waals surface area contributed by atoms with E-state index in [1.54, 1.807) is 13.2 Å². The Morgan fingerprint density at radius 1 is 1.44 bits per heavy atom. The molecular weight excluding hydrogens is 252 g/mol. The van der Waals surface area contributed by atoms with Gasteiger partial charge in [0.2, 0.25) is 0 Å². The first-order chi connectivity index (χ1) is 8.60. The van der Waals surface area contributed by atoms with E-state index in [0.29, 0.717) is 5.69 Å². The number of hydrogen-bond donors (Lipinski definition) is 1. The van der Waals surface area contributed by atoms with Gasteiger partial charge in [0.1, 0.15) is 5.02 Å². The Labute approximate surface area is 113 Å². The predicted octanol–water partition coefficient (Wildman–Crippen LogP) is 1.58. The van der Waals surface area contributed by atoms with Gasteiger partial charge in [-0.2, -0.15) is 5.10 Å². The van der Waals surface area contributed by atoms with E-state index in [1.807, 2.05) is 0 Å². The van der Waals surface area contributed by atoms with E-state index in [-0.39, 0.29) is 10.6 Å². The molecular formula is C12H21ClN4O. The first-order valence-corrected chi connectivity index (χ1v) is 6.66. The minimum absolute atomic E-state index is 0.204. The van der Waals surface area contributed by atoms with Gasteiger partial charge in [0.25, 0.3) is 5.56 Å². The Hall–Kier alpha value is -1.07. The lowest BCUT2D eigenvalue weighted by atomic mass is 10.3. The van der Waals surface area contributed by atoms with Crippen LogP contribution in [0.2, 0.25) is 5.02 Å². The topological polar surface area (TPSA) is 50.2 Å². The molecule has 0 unspecified atom stereocenters. The molecule has 0 radical (unpaired) electrons. The van der Waals surface area contributed by atoms with Crippen molar-refractivity contribution in [2.24, 2.45) is 7.05 Å². The summed E-state index contributed by atoms with van der Waals surface area (Å²) in [6.07, 6.45) is 2.59. The van der Waals surface area contributed by atoms with Crippen LogP contribution in [0.1, 0.15) is 20.3 Å². The number of rotatable bonds is 7.